The number of carboxylic acid groups (broad SMARTS) is 1. The maximum absolute atomic E-state index is 14.0. The lowest BCUT2D eigenvalue weighted by Crippen LogP contribution is -2.62. The average Bonchev–Trinajstić information content (AvgIpc) is 3.29. The van der Waals surface area contributed by atoms with Crippen LogP contribution in [0.2, 0.25) is 0 Å². The van der Waals surface area contributed by atoms with Gasteiger partial charge in [0.2, 0.25) is 53.2 Å². The molecular weight excluding hydrogens is 921 g/mol. The van der Waals surface area contributed by atoms with E-state index in [1.54, 1.807) is 74.5 Å². The molecule has 9 atom stereocenters. The van der Waals surface area contributed by atoms with Crippen molar-refractivity contribution in [3.63, 3.8) is 0 Å². The second-order valence-corrected chi connectivity index (χ2v) is 18.8. The summed E-state index contributed by atoms with van der Waals surface area (Å²) in [7, 11) is 0. The van der Waals surface area contributed by atoms with E-state index in [2.05, 4.69) is 42.5 Å². The minimum absolute atomic E-state index is 0.0958. The van der Waals surface area contributed by atoms with Crippen LogP contribution in [0.25, 0.3) is 0 Å². The van der Waals surface area contributed by atoms with Gasteiger partial charge in [0.25, 0.3) is 0 Å². The highest BCUT2D eigenvalue weighted by molar-refractivity contribution is 5.98. The maximum Gasteiger partial charge on any atom is 0.325 e. The summed E-state index contributed by atoms with van der Waals surface area (Å²) in [5.41, 5.74) is 12.7. The molecule has 22 nitrogen and oxygen atoms in total. The van der Waals surface area contributed by atoms with Gasteiger partial charge in [-0.2, -0.15) is 0 Å². The van der Waals surface area contributed by atoms with Gasteiger partial charge in [-0.15, -0.1) is 0 Å². The third kappa shape index (κ3) is 22.1. The van der Waals surface area contributed by atoms with E-state index in [1.165, 1.54) is 13.8 Å². The van der Waals surface area contributed by atoms with E-state index in [1.807, 2.05) is 27.7 Å². The van der Waals surface area contributed by atoms with Crippen molar-refractivity contribution in [2.75, 3.05) is 6.54 Å². The Bertz CT molecular complexity index is 2120. The number of aliphatic hydroxyl groups excluding tert-OH is 1. The number of carboxylic acids is 1. The van der Waals surface area contributed by atoms with Crippen LogP contribution in [0.15, 0.2) is 60.7 Å². The van der Waals surface area contributed by atoms with Crippen molar-refractivity contribution in [2.45, 2.75) is 148 Å². The molecule has 2 aromatic carbocycles. The van der Waals surface area contributed by atoms with Crippen LogP contribution >= 0.6 is 0 Å². The zero-order valence-electron chi connectivity index (χ0n) is 41.8. The van der Waals surface area contributed by atoms with E-state index in [0.717, 1.165) is 5.56 Å². The molecule has 0 saturated heterocycles. The lowest BCUT2D eigenvalue weighted by atomic mass is 10.00. The molecule has 22 heteroatoms. The number of aliphatic hydroxyl groups is 1. The Morgan fingerprint density at radius 3 is 1.45 bits per heavy atom. The Morgan fingerprint density at radius 2 is 0.972 bits per heavy atom. The molecule has 0 aliphatic rings. The first-order valence-electron chi connectivity index (χ1n) is 23.7. The fourth-order valence-corrected chi connectivity index (χ4v) is 7.15. The summed E-state index contributed by atoms with van der Waals surface area (Å²) in [4.78, 5) is 131. The highest BCUT2D eigenvalue weighted by atomic mass is 16.4. The van der Waals surface area contributed by atoms with Crippen LogP contribution in [0.5, 0.6) is 0 Å². The molecule has 0 unspecified atom stereocenters. The van der Waals surface area contributed by atoms with Gasteiger partial charge < -0.3 is 64.2 Å². The largest absolute Gasteiger partial charge is 0.480 e. The molecule has 71 heavy (non-hydrogen) atoms. The Morgan fingerprint density at radius 1 is 0.521 bits per heavy atom. The summed E-state index contributed by atoms with van der Waals surface area (Å²) in [6, 6.07) is 7.03. The van der Waals surface area contributed by atoms with Crippen LogP contribution in [0.4, 0.5) is 0 Å². The van der Waals surface area contributed by atoms with Crippen molar-refractivity contribution < 1.29 is 58.2 Å². The molecule has 0 aliphatic carbocycles. The first-order valence-corrected chi connectivity index (χ1v) is 23.7. The fourth-order valence-electron chi connectivity index (χ4n) is 7.15. The Labute approximate surface area is 414 Å². The van der Waals surface area contributed by atoms with Crippen molar-refractivity contribution in [2.24, 2.45) is 29.2 Å². The van der Waals surface area contributed by atoms with Gasteiger partial charge in [0, 0.05) is 19.3 Å². The molecule has 9 amide bonds. The number of carbonyl (C=O) groups is 10. The quantitative estimate of drug-likeness (QED) is 0.0439. The molecule has 14 N–H and O–H groups in total. The lowest BCUT2D eigenvalue weighted by molar-refractivity contribution is -0.142. The maximum atomic E-state index is 14.0. The van der Waals surface area contributed by atoms with Crippen molar-refractivity contribution in [1.29, 1.82) is 0 Å². The van der Waals surface area contributed by atoms with Crippen molar-refractivity contribution in [3.05, 3.63) is 71.8 Å². The smallest absolute Gasteiger partial charge is 0.325 e. The van der Waals surface area contributed by atoms with E-state index in [4.69, 9.17) is 11.5 Å². The van der Waals surface area contributed by atoms with Crippen LogP contribution in [0.3, 0.4) is 0 Å². The van der Waals surface area contributed by atoms with E-state index < -0.39 is 126 Å². The monoisotopic (exact) mass is 995 g/mol. The number of nitrogens with one attached hydrogen (secondary N) is 8. The molecule has 0 saturated carbocycles. The zero-order valence-corrected chi connectivity index (χ0v) is 41.8. The Hall–Kier alpha value is -6.94. The molecule has 392 valence electrons. The van der Waals surface area contributed by atoms with E-state index in [-0.39, 0.29) is 43.9 Å². The zero-order chi connectivity index (χ0) is 53.5. The predicted octanol–water partition coefficient (Wildman–Crippen LogP) is -1.19. The molecule has 0 radical (unpaired) electrons. The summed E-state index contributed by atoms with van der Waals surface area (Å²) >= 11 is 0. The minimum Gasteiger partial charge on any atom is -0.480 e. The van der Waals surface area contributed by atoms with Gasteiger partial charge in [0.1, 0.15) is 42.3 Å². The summed E-state index contributed by atoms with van der Waals surface area (Å²) in [5, 5.41) is 40.1. The first-order chi connectivity index (χ1) is 33.3. The highest BCUT2D eigenvalue weighted by Gasteiger charge is 2.36. The fraction of sp³-hybridized carbons (Fsp3) is 0.551. The lowest BCUT2D eigenvalue weighted by Gasteiger charge is -2.29. The first kappa shape index (κ1) is 60.2. The third-order valence-electron chi connectivity index (χ3n) is 11.0. The van der Waals surface area contributed by atoms with E-state index in [0.29, 0.717) is 12.0 Å². The predicted molar refractivity (Wildman–Crippen MR) is 262 cm³/mol. The van der Waals surface area contributed by atoms with Crippen molar-refractivity contribution >= 4 is 59.1 Å². The number of nitrogens with two attached hydrogens (primary N) is 2. The normalized spacial score (nSPS) is 15.0. The second-order valence-electron chi connectivity index (χ2n) is 18.8. The number of primary amides is 1. The number of rotatable bonds is 30. The average molecular weight is 995 g/mol. The van der Waals surface area contributed by atoms with E-state index in [9.17, 15) is 58.2 Å². The van der Waals surface area contributed by atoms with Crippen LogP contribution < -0.4 is 54.0 Å². The topological polar surface area (TPSA) is 359 Å². The van der Waals surface area contributed by atoms with Gasteiger partial charge in [-0.05, 0) is 62.0 Å². The Balaban J connectivity index is 2.29. The summed E-state index contributed by atoms with van der Waals surface area (Å²) in [6.45, 7) is 12.3. The molecule has 0 aromatic heterocycles. The van der Waals surface area contributed by atoms with Gasteiger partial charge in [0.15, 0.2) is 0 Å². The SMILES string of the molecule is CC(C)C[C@H](NC(=O)[C@H](Cc1ccccc1)NC(=O)[C@@H](N)CC(C)C)C(=O)NCC(=O)N[C@@H](Cc1ccccc1)C(=O)N[C@H](C(=O)N[C@H](C(=O)N[C@@H](CCC(N)=O)C(=O)N[C@@H](C)C(=O)O)C(C)C)[C@@H](C)O. The molecule has 2 rings (SSSR count). The van der Waals surface area contributed by atoms with Gasteiger partial charge in [0.05, 0.1) is 18.7 Å². The van der Waals surface area contributed by atoms with Crippen LogP contribution in [0.1, 0.15) is 92.2 Å². The molecule has 0 bridgehead atoms. The number of benzene rings is 2. The van der Waals surface area contributed by atoms with E-state index >= 15 is 0 Å². The third-order valence-corrected chi connectivity index (χ3v) is 11.0. The number of carbonyl (C=O) groups excluding carboxylic acids is 9. The van der Waals surface area contributed by atoms with Gasteiger partial charge >= 0.3 is 5.97 Å². The summed E-state index contributed by atoms with van der Waals surface area (Å²) in [6.07, 6.45) is -1.72. The number of hydrogen-bond donors (Lipinski definition) is 12. The highest BCUT2D eigenvalue weighted by Crippen LogP contribution is 2.12. The molecular formula is C49H74N10O12. The van der Waals surface area contributed by atoms with Crippen molar-refractivity contribution in [3.8, 4) is 0 Å². The molecule has 0 heterocycles. The molecule has 2 aromatic rings. The van der Waals surface area contributed by atoms with Crippen LogP contribution in [0, 0.1) is 17.8 Å². The number of hydrogen-bond acceptors (Lipinski definition) is 12. The van der Waals surface area contributed by atoms with Crippen molar-refractivity contribution in [1.82, 2.24) is 42.5 Å². The van der Waals surface area contributed by atoms with Crippen LogP contribution in [-0.4, -0.2) is 130 Å². The standard InChI is InChI=1S/C49H74N10O12/c1-26(2)21-33(50)42(63)56-37(24-32-17-13-10-14-18-32)45(66)57-35(22-27(3)4)43(64)52-25-39(62)54-36(23-31-15-11-9-12-16-31)46(67)59-41(30(8)60)48(69)58-40(28(5)6)47(68)55-34(19-20-38(51)61)44(65)53-29(7)49(70)71/h9-18,26-30,33-37,40-41,60H,19-25,50H2,1-8H3,(H2,51,61)(H,52,64)(H,53,65)(H,54,62)(H,55,68)(H,56,63)(H,57,66)(H,58,69)(H,59,67)(H,70,71)/t29-,30+,33-,34-,35-,36-,37-,40-,41-/m0/s1. The molecule has 0 aliphatic heterocycles. The summed E-state index contributed by atoms with van der Waals surface area (Å²) < 4.78 is 0. The summed E-state index contributed by atoms with van der Waals surface area (Å²) in [5.74, 6) is -9.37. The molecule has 0 fully saturated rings. The number of amides is 9. The van der Waals surface area contributed by atoms with Gasteiger partial charge in [-0.3, -0.25) is 47.9 Å². The number of aliphatic carboxylic acids is 1. The second kappa shape index (κ2) is 29.9. The van der Waals surface area contributed by atoms with Gasteiger partial charge in [-0.1, -0.05) is 102 Å². The molecule has 0 spiro atoms. The van der Waals surface area contributed by atoms with Crippen LogP contribution in [-0.2, 0) is 60.8 Å². The van der Waals surface area contributed by atoms with Gasteiger partial charge in [-0.25, -0.2) is 0 Å². The Kier molecular flexibility index (Phi) is 25.4. The minimum atomic E-state index is -1.71.